The van der Waals surface area contributed by atoms with Crippen molar-refractivity contribution in [2.45, 2.75) is 19.8 Å². The summed E-state index contributed by atoms with van der Waals surface area (Å²) in [4.78, 5) is 20.1. The van der Waals surface area contributed by atoms with Crippen LogP contribution in [0.1, 0.15) is 29.4 Å². The highest BCUT2D eigenvalue weighted by Gasteiger charge is 2.18. The Kier molecular flexibility index (Phi) is 5.63. The normalized spacial score (nSPS) is 10.7. The van der Waals surface area contributed by atoms with Crippen molar-refractivity contribution in [1.82, 2.24) is 9.97 Å². The smallest absolute Gasteiger partial charge is 0.335 e. The van der Waals surface area contributed by atoms with Gasteiger partial charge in [0, 0.05) is 17.3 Å². The number of hydrogen-bond donors (Lipinski definition) is 1. The number of aryl methyl sites for hydroxylation is 1. The Hall–Kier alpha value is -3.35. The van der Waals surface area contributed by atoms with Crippen molar-refractivity contribution in [2.75, 3.05) is 7.11 Å². The summed E-state index contributed by atoms with van der Waals surface area (Å²) in [5.41, 5.74) is 2.39. The first kappa shape index (κ1) is 19.4. The number of ether oxygens (including phenoxy) is 1. The van der Waals surface area contributed by atoms with Crippen LogP contribution in [0.4, 0.5) is 8.78 Å². The van der Waals surface area contributed by atoms with Crippen LogP contribution in [0.25, 0.3) is 22.5 Å². The number of aromatic nitrogens is 2. The molecule has 0 bridgehead atoms. The molecule has 7 heteroatoms. The lowest BCUT2D eigenvalue weighted by molar-refractivity contribution is 0.0697. The van der Waals surface area contributed by atoms with Gasteiger partial charge in [-0.25, -0.2) is 18.6 Å². The van der Waals surface area contributed by atoms with Crippen molar-refractivity contribution >= 4 is 5.97 Å². The fraction of sp³-hybridized carbons (Fsp3) is 0.190. The van der Waals surface area contributed by atoms with Gasteiger partial charge < -0.3 is 9.84 Å². The van der Waals surface area contributed by atoms with Crippen LogP contribution >= 0.6 is 0 Å². The predicted octanol–water partition coefficient (Wildman–Crippen LogP) is 4.75. The third-order valence-electron chi connectivity index (χ3n) is 4.21. The van der Waals surface area contributed by atoms with Gasteiger partial charge in [-0.1, -0.05) is 25.5 Å². The zero-order valence-electron chi connectivity index (χ0n) is 15.4. The third kappa shape index (κ3) is 3.83. The zero-order valence-corrected chi connectivity index (χ0v) is 15.4. The van der Waals surface area contributed by atoms with Crippen molar-refractivity contribution in [3.8, 4) is 28.3 Å². The lowest BCUT2D eigenvalue weighted by atomic mass is 10.0. The first-order valence-electron chi connectivity index (χ1n) is 8.67. The van der Waals surface area contributed by atoms with E-state index in [1.54, 1.807) is 18.3 Å². The number of aromatic carboxylic acids is 1. The van der Waals surface area contributed by atoms with Crippen molar-refractivity contribution in [3.63, 3.8) is 0 Å². The minimum Gasteiger partial charge on any atom is -0.491 e. The molecule has 0 unspecified atom stereocenters. The molecule has 2 aromatic carbocycles. The summed E-state index contributed by atoms with van der Waals surface area (Å²) in [6.45, 7) is 2.01. The van der Waals surface area contributed by atoms with E-state index in [4.69, 9.17) is 9.84 Å². The number of carbonyl (C=O) groups is 1. The van der Waals surface area contributed by atoms with Gasteiger partial charge in [0.15, 0.2) is 17.4 Å². The van der Waals surface area contributed by atoms with E-state index in [2.05, 4.69) is 9.97 Å². The SMILES string of the molecule is CCCc1cnc(-c2cc(F)c(OC)c(F)c2)c(-c2ccc(C(=O)O)cc2)n1. The van der Waals surface area contributed by atoms with E-state index in [1.807, 2.05) is 6.92 Å². The first-order valence-corrected chi connectivity index (χ1v) is 8.67. The Bertz CT molecular complexity index is 998. The molecule has 144 valence electrons. The summed E-state index contributed by atoms with van der Waals surface area (Å²) < 4.78 is 33.1. The molecule has 3 aromatic rings. The molecule has 28 heavy (non-hydrogen) atoms. The lowest BCUT2D eigenvalue weighted by Crippen LogP contribution is -2.01. The van der Waals surface area contributed by atoms with Gasteiger partial charge in [0.2, 0.25) is 0 Å². The molecule has 0 spiro atoms. The predicted molar refractivity (Wildman–Crippen MR) is 100 cm³/mol. The van der Waals surface area contributed by atoms with Crippen molar-refractivity contribution in [3.05, 3.63) is 65.5 Å². The average molecular weight is 384 g/mol. The minimum absolute atomic E-state index is 0.129. The number of rotatable bonds is 6. The van der Waals surface area contributed by atoms with Crippen LogP contribution in [0.5, 0.6) is 5.75 Å². The van der Waals surface area contributed by atoms with Gasteiger partial charge in [0.05, 0.1) is 29.8 Å². The summed E-state index contributed by atoms with van der Waals surface area (Å²) in [7, 11) is 1.19. The summed E-state index contributed by atoms with van der Waals surface area (Å²) >= 11 is 0. The van der Waals surface area contributed by atoms with E-state index in [0.717, 1.165) is 24.2 Å². The number of hydrogen-bond acceptors (Lipinski definition) is 4. The molecule has 0 aliphatic heterocycles. The summed E-state index contributed by atoms with van der Waals surface area (Å²) in [5, 5.41) is 9.08. The highest BCUT2D eigenvalue weighted by atomic mass is 19.1. The lowest BCUT2D eigenvalue weighted by Gasteiger charge is -2.12. The topological polar surface area (TPSA) is 72.3 Å². The third-order valence-corrected chi connectivity index (χ3v) is 4.21. The number of halogens is 2. The molecule has 3 rings (SSSR count). The largest absolute Gasteiger partial charge is 0.491 e. The Morgan fingerprint density at radius 3 is 2.25 bits per heavy atom. The van der Waals surface area contributed by atoms with Crippen LogP contribution in [-0.4, -0.2) is 28.2 Å². The van der Waals surface area contributed by atoms with Gasteiger partial charge >= 0.3 is 5.97 Å². The molecule has 0 saturated heterocycles. The molecular formula is C21H18F2N2O3. The fourth-order valence-electron chi connectivity index (χ4n) is 2.88. The molecule has 0 fully saturated rings. The van der Waals surface area contributed by atoms with Gasteiger partial charge in [0.1, 0.15) is 0 Å². The van der Waals surface area contributed by atoms with E-state index in [0.29, 0.717) is 23.4 Å². The van der Waals surface area contributed by atoms with Gasteiger partial charge in [0.25, 0.3) is 0 Å². The van der Waals surface area contributed by atoms with E-state index in [1.165, 1.54) is 19.2 Å². The number of carboxylic acids is 1. The van der Waals surface area contributed by atoms with E-state index in [-0.39, 0.29) is 11.1 Å². The average Bonchev–Trinajstić information content (AvgIpc) is 2.68. The summed E-state index contributed by atoms with van der Waals surface area (Å²) in [6, 6.07) is 8.38. The molecule has 0 amide bonds. The van der Waals surface area contributed by atoms with Crippen LogP contribution < -0.4 is 4.74 Å². The van der Waals surface area contributed by atoms with E-state index >= 15 is 0 Å². The maximum atomic E-state index is 14.2. The molecular weight excluding hydrogens is 366 g/mol. The Morgan fingerprint density at radius 1 is 1.07 bits per heavy atom. The second kappa shape index (κ2) is 8.12. The number of carboxylic acid groups (broad SMARTS) is 1. The molecule has 0 atom stereocenters. The molecule has 1 heterocycles. The highest BCUT2D eigenvalue weighted by Crippen LogP contribution is 2.33. The van der Waals surface area contributed by atoms with Crippen LogP contribution in [-0.2, 0) is 6.42 Å². The second-order valence-corrected chi connectivity index (χ2v) is 6.16. The molecule has 1 N–H and O–H groups in total. The number of nitrogens with zero attached hydrogens (tertiary/aromatic N) is 2. The number of methoxy groups -OCH3 is 1. The Labute approximate surface area is 160 Å². The Balaban J connectivity index is 2.17. The number of benzene rings is 2. The van der Waals surface area contributed by atoms with Crippen molar-refractivity contribution in [1.29, 1.82) is 0 Å². The maximum Gasteiger partial charge on any atom is 0.335 e. The van der Waals surface area contributed by atoms with Gasteiger partial charge in [-0.05, 0) is 30.7 Å². The van der Waals surface area contributed by atoms with Crippen molar-refractivity contribution < 1.29 is 23.4 Å². The van der Waals surface area contributed by atoms with Gasteiger partial charge in [-0.3, -0.25) is 4.98 Å². The molecule has 0 saturated carbocycles. The summed E-state index contributed by atoms with van der Waals surface area (Å²) in [6.07, 6.45) is 3.13. The van der Waals surface area contributed by atoms with Crippen LogP contribution in [0.2, 0.25) is 0 Å². The van der Waals surface area contributed by atoms with E-state index < -0.39 is 23.4 Å². The fourth-order valence-corrected chi connectivity index (χ4v) is 2.88. The van der Waals surface area contributed by atoms with Gasteiger partial charge in [-0.2, -0.15) is 0 Å². The van der Waals surface area contributed by atoms with Crippen LogP contribution in [0.3, 0.4) is 0 Å². The maximum absolute atomic E-state index is 14.2. The molecule has 5 nitrogen and oxygen atoms in total. The monoisotopic (exact) mass is 384 g/mol. The molecule has 0 aliphatic rings. The van der Waals surface area contributed by atoms with Gasteiger partial charge in [-0.15, -0.1) is 0 Å². The van der Waals surface area contributed by atoms with Crippen LogP contribution in [0, 0.1) is 11.6 Å². The standard InChI is InChI=1S/C21H18F2N2O3/c1-3-4-15-11-24-18(14-9-16(22)20(28-2)17(23)10-14)19(25-15)12-5-7-13(8-6-12)21(26)27/h5-11H,3-4H2,1-2H3,(H,26,27). The van der Waals surface area contributed by atoms with E-state index in [9.17, 15) is 13.6 Å². The molecule has 1 aromatic heterocycles. The van der Waals surface area contributed by atoms with Crippen molar-refractivity contribution in [2.24, 2.45) is 0 Å². The van der Waals surface area contributed by atoms with Crippen LogP contribution in [0.15, 0.2) is 42.6 Å². The zero-order chi connectivity index (χ0) is 20.3. The first-order chi connectivity index (χ1) is 13.4. The second-order valence-electron chi connectivity index (χ2n) is 6.16. The quantitative estimate of drug-likeness (QED) is 0.664. The molecule has 0 aliphatic carbocycles. The molecule has 0 radical (unpaired) electrons. The Morgan fingerprint density at radius 2 is 1.71 bits per heavy atom. The highest BCUT2D eigenvalue weighted by molar-refractivity contribution is 5.88. The minimum atomic E-state index is -1.04. The summed E-state index contributed by atoms with van der Waals surface area (Å²) in [5.74, 6) is -3.20.